The lowest BCUT2D eigenvalue weighted by atomic mass is 10.1. The molecule has 4 nitrogen and oxygen atoms in total. The quantitative estimate of drug-likeness (QED) is 0.856. The van der Waals surface area contributed by atoms with Gasteiger partial charge in [0.2, 0.25) is 0 Å². The average molecular weight is 318 g/mol. The van der Waals surface area contributed by atoms with E-state index in [0.717, 1.165) is 23.8 Å². The highest BCUT2D eigenvalue weighted by Crippen LogP contribution is 2.28. The maximum Gasteiger partial charge on any atom is 0.573 e. The first-order valence-corrected chi connectivity index (χ1v) is 6.43. The average Bonchev–Trinajstić information content (AvgIpc) is 2.71. The molecule has 1 heterocycles. The SMILES string of the molecule is Cc1noc(C)c1CNCc1c(F)cccc1OC(F)(F)F. The molecule has 0 saturated heterocycles. The van der Waals surface area contributed by atoms with Gasteiger partial charge in [0, 0.05) is 24.2 Å². The summed E-state index contributed by atoms with van der Waals surface area (Å²) in [5.74, 6) is -0.725. The van der Waals surface area contributed by atoms with Crippen LogP contribution in [0.4, 0.5) is 17.6 Å². The Morgan fingerprint density at radius 1 is 1.18 bits per heavy atom. The van der Waals surface area contributed by atoms with Crippen molar-refractivity contribution >= 4 is 0 Å². The second-order valence-electron chi connectivity index (χ2n) is 4.67. The van der Waals surface area contributed by atoms with Crippen molar-refractivity contribution in [2.24, 2.45) is 0 Å². The first-order chi connectivity index (χ1) is 10.3. The van der Waals surface area contributed by atoms with Gasteiger partial charge in [0.25, 0.3) is 0 Å². The summed E-state index contributed by atoms with van der Waals surface area (Å²) in [6, 6.07) is 3.31. The number of halogens is 4. The molecule has 0 bridgehead atoms. The fourth-order valence-corrected chi connectivity index (χ4v) is 2.00. The number of hydrogen-bond acceptors (Lipinski definition) is 4. The number of nitrogens with one attached hydrogen (secondary N) is 1. The van der Waals surface area contributed by atoms with E-state index < -0.39 is 17.9 Å². The molecule has 2 rings (SSSR count). The maximum absolute atomic E-state index is 13.7. The van der Waals surface area contributed by atoms with E-state index in [0.29, 0.717) is 18.0 Å². The predicted molar refractivity (Wildman–Crippen MR) is 69.6 cm³/mol. The van der Waals surface area contributed by atoms with Gasteiger partial charge in [0.05, 0.1) is 5.69 Å². The minimum atomic E-state index is -4.87. The molecule has 0 aliphatic rings. The topological polar surface area (TPSA) is 47.3 Å². The molecule has 1 aromatic carbocycles. The molecular weight excluding hydrogens is 304 g/mol. The first-order valence-electron chi connectivity index (χ1n) is 6.43. The van der Waals surface area contributed by atoms with Gasteiger partial charge in [0.15, 0.2) is 0 Å². The fourth-order valence-electron chi connectivity index (χ4n) is 2.00. The summed E-state index contributed by atoms with van der Waals surface area (Å²) in [4.78, 5) is 0. The second-order valence-corrected chi connectivity index (χ2v) is 4.67. The first kappa shape index (κ1) is 16.3. The smallest absolute Gasteiger partial charge is 0.405 e. The van der Waals surface area contributed by atoms with Gasteiger partial charge in [-0.1, -0.05) is 11.2 Å². The van der Waals surface area contributed by atoms with Crippen LogP contribution in [0.2, 0.25) is 0 Å². The van der Waals surface area contributed by atoms with E-state index in [9.17, 15) is 17.6 Å². The molecule has 22 heavy (non-hydrogen) atoms. The molecule has 0 saturated carbocycles. The van der Waals surface area contributed by atoms with Crippen LogP contribution in [-0.2, 0) is 13.1 Å². The highest BCUT2D eigenvalue weighted by atomic mass is 19.4. The van der Waals surface area contributed by atoms with Gasteiger partial charge >= 0.3 is 6.36 Å². The van der Waals surface area contributed by atoms with Gasteiger partial charge in [-0.25, -0.2) is 4.39 Å². The molecule has 1 aromatic heterocycles. The Labute approximate surface area is 124 Å². The molecule has 0 radical (unpaired) electrons. The molecule has 0 fully saturated rings. The number of alkyl halides is 3. The highest BCUT2D eigenvalue weighted by Gasteiger charge is 2.32. The van der Waals surface area contributed by atoms with E-state index in [1.54, 1.807) is 13.8 Å². The van der Waals surface area contributed by atoms with E-state index in [4.69, 9.17) is 4.52 Å². The third-order valence-electron chi connectivity index (χ3n) is 3.09. The summed E-state index contributed by atoms with van der Waals surface area (Å²) >= 11 is 0. The van der Waals surface area contributed by atoms with Crippen LogP contribution >= 0.6 is 0 Å². The fraction of sp³-hybridized carbons (Fsp3) is 0.357. The monoisotopic (exact) mass is 318 g/mol. The summed E-state index contributed by atoms with van der Waals surface area (Å²) < 4.78 is 59.5. The van der Waals surface area contributed by atoms with Crippen LogP contribution in [0.25, 0.3) is 0 Å². The number of benzene rings is 1. The van der Waals surface area contributed by atoms with Crippen molar-refractivity contribution in [2.45, 2.75) is 33.3 Å². The van der Waals surface area contributed by atoms with Crippen LogP contribution in [0.1, 0.15) is 22.6 Å². The van der Waals surface area contributed by atoms with Crippen LogP contribution < -0.4 is 10.1 Å². The standard InChI is InChI=1S/C14H14F4N2O2/c1-8-10(9(2)22-20-8)6-19-7-11-12(15)4-3-5-13(11)21-14(16,17)18/h3-5,19H,6-7H2,1-2H3. The Morgan fingerprint density at radius 3 is 2.45 bits per heavy atom. The summed E-state index contributed by atoms with van der Waals surface area (Å²) in [6.45, 7) is 3.64. The maximum atomic E-state index is 13.7. The van der Waals surface area contributed by atoms with E-state index >= 15 is 0 Å². The van der Waals surface area contributed by atoms with Crippen molar-refractivity contribution in [2.75, 3.05) is 0 Å². The number of rotatable bonds is 5. The number of hydrogen-bond donors (Lipinski definition) is 1. The van der Waals surface area contributed by atoms with Crippen LogP contribution in [0.5, 0.6) is 5.75 Å². The van der Waals surface area contributed by atoms with Crippen molar-refractivity contribution in [3.8, 4) is 5.75 Å². The van der Waals surface area contributed by atoms with Crippen molar-refractivity contribution in [1.82, 2.24) is 10.5 Å². The minimum Gasteiger partial charge on any atom is -0.405 e. The molecule has 8 heteroatoms. The molecule has 0 unspecified atom stereocenters. The van der Waals surface area contributed by atoms with Crippen LogP contribution in [0.3, 0.4) is 0 Å². The van der Waals surface area contributed by atoms with Crippen LogP contribution in [-0.4, -0.2) is 11.5 Å². The normalized spacial score (nSPS) is 11.7. The van der Waals surface area contributed by atoms with Gasteiger partial charge in [-0.3, -0.25) is 0 Å². The highest BCUT2D eigenvalue weighted by molar-refractivity contribution is 5.35. The lowest BCUT2D eigenvalue weighted by molar-refractivity contribution is -0.275. The third-order valence-corrected chi connectivity index (χ3v) is 3.09. The van der Waals surface area contributed by atoms with Gasteiger partial charge in [-0.05, 0) is 26.0 Å². The summed E-state index contributed by atoms with van der Waals surface area (Å²) in [5, 5.41) is 6.63. The molecule has 120 valence electrons. The minimum absolute atomic E-state index is 0.123. The molecule has 0 amide bonds. The van der Waals surface area contributed by atoms with Crippen molar-refractivity contribution < 1.29 is 26.8 Å². The number of aromatic nitrogens is 1. The molecule has 2 aromatic rings. The lowest BCUT2D eigenvalue weighted by Crippen LogP contribution is -2.21. The van der Waals surface area contributed by atoms with Gasteiger partial charge in [0.1, 0.15) is 17.3 Å². The largest absolute Gasteiger partial charge is 0.573 e. The Bertz CT molecular complexity index is 633. The van der Waals surface area contributed by atoms with E-state index in [1.165, 1.54) is 0 Å². The molecular formula is C14H14F4N2O2. The molecule has 0 atom stereocenters. The van der Waals surface area contributed by atoms with Crippen molar-refractivity contribution in [1.29, 1.82) is 0 Å². The Kier molecular flexibility index (Phi) is 4.70. The van der Waals surface area contributed by atoms with Gasteiger partial charge in [-0.2, -0.15) is 0 Å². The number of aryl methyl sites for hydroxylation is 2. The predicted octanol–water partition coefficient (Wildman–Crippen LogP) is 3.62. The zero-order valence-corrected chi connectivity index (χ0v) is 11.9. The Hall–Kier alpha value is -2.09. The lowest BCUT2D eigenvalue weighted by Gasteiger charge is -2.14. The van der Waals surface area contributed by atoms with E-state index in [2.05, 4.69) is 15.2 Å². The number of ether oxygens (including phenoxy) is 1. The third kappa shape index (κ3) is 3.97. The summed E-state index contributed by atoms with van der Waals surface area (Å²) in [5.41, 5.74) is 1.27. The van der Waals surface area contributed by atoms with Gasteiger partial charge < -0.3 is 14.6 Å². The zero-order valence-electron chi connectivity index (χ0n) is 11.9. The Balaban J connectivity index is 2.09. The van der Waals surface area contributed by atoms with Crippen LogP contribution in [0.15, 0.2) is 22.7 Å². The Morgan fingerprint density at radius 2 is 1.86 bits per heavy atom. The molecule has 0 spiro atoms. The van der Waals surface area contributed by atoms with E-state index in [1.807, 2.05) is 0 Å². The van der Waals surface area contributed by atoms with Crippen molar-refractivity contribution in [3.63, 3.8) is 0 Å². The van der Waals surface area contributed by atoms with Gasteiger partial charge in [-0.15, -0.1) is 13.2 Å². The molecule has 0 aliphatic carbocycles. The molecule has 0 aliphatic heterocycles. The van der Waals surface area contributed by atoms with Crippen LogP contribution in [0, 0.1) is 19.7 Å². The summed E-state index contributed by atoms with van der Waals surface area (Å²) in [6.07, 6.45) is -4.87. The molecule has 1 N–H and O–H groups in total. The number of nitrogens with zero attached hydrogens (tertiary/aromatic N) is 1. The van der Waals surface area contributed by atoms with E-state index in [-0.39, 0.29) is 12.1 Å². The summed E-state index contributed by atoms with van der Waals surface area (Å²) in [7, 11) is 0. The van der Waals surface area contributed by atoms with Crippen molar-refractivity contribution in [3.05, 3.63) is 46.6 Å². The zero-order chi connectivity index (χ0) is 16.3. The second kappa shape index (κ2) is 6.35.